The summed E-state index contributed by atoms with van der Waals surface area (Å²) in [5, 5.41) is 11.3. The second kappa shape index (κ2) is 9.41. The van der Waals surface area contributed by atoms with Gasteiger partial charge in [0, 0.05) is 6.07 Å². The van der Waals surface area contributed by atoms with Gasteiger partial charge in [0.1, 0.15) is 5.56 Å². The molecule has 0 fully saturated rings. The molecule has 138 valence electrons. The van der Waals surface area contributed by atoms with Gasteiger partial charge < -0.3 is 14.2 Å². The molecule has 0 aromatic heterocycles. The normalized spacial score (nSPS) is 10.2. The molecule has 2 rings (SSSR count). The molecule has 0 spiro atoms. The lowest BCUT2D eigenvalue weighted by molar-refractivity contribution is -0.385. The predicted octanol–water partition coefficient (Wildman–Crippen LogP) is 3.79. The zero-order valence-corrected chi connectivity index (χ0v) is 14.8. The van der Waals surface area contributed by atoms with Crippen LogP contribution in [0.4, 0.5) is 5.69 Å². The fourth-order valence-corrected chi connectivity index (χ4v) is 2.46. The molecular weight excluding hydrogens is 338 g/mol. The summed E-state index contributed by atoms with van der Waals surface area (Å²) < 4.78 is 15.7. The van der Waals surface area contributed by atoms with Crippen molar-refractivity contribution in [3.8, 4) is 11.5 Å². The van der Waals surface area contributed by atoms with E-state index in [1.807, 2.05) is 30.3 Å². The van der Waals surface area contributed by atoms with Gasteiger partial charge in [0.15, 0.2) is 11.5 Å². The molecule has 0 bridgehead atoms. The third-order valence-electron chi connectivity index (χ3n) is 3.68. The van der Waals surface area contributed by atoms with Gasteiger partial charge in [-0.1, -0.05) is 30.3 Å². The van der Waals surface area contributed by atoms with Crippen molar-refractivity contribution in [2.24, 2.45) is 0 Å². The first-order valence-corrected chi connectivity index (χ1v) is 8.27. The summed E-state index contributed by atoms with van der Waals surface area (Å²) in [5.74, 6) is -0.304. The van der Waals surface area contributed by atoms with Crippen LogP contribution in [0.3, 0.4) is 0 Å². The Kier molecular flexibility index (Phi) is 6.96. The summed E-state index contributed by atoms with van der Waals surface area (Å²) in [6.07, 6.45) is 1.38. The molecule has 0 aliphatic heterocycles. The van der Waals surface area contributed by atoms with E-state index in [2.05, 4.69) is 0 Å². The first-order valence-electron chi connectivity index (χ1n) is 8.27. The van der Waals surface area contributed by atoms with Crippen LogP contribution in [0.5, 0.6) is 11.5 Å². The molecule has 7 heteroatoms. The third-order valence-corrected chi connectivity index (χ3v) is 3.68. The topological polar surface area (TPSA) is 87.9 Å². The number of nitrogens with zero attached hydrogens (tertiary/aromatic N) is 1. The molecule has 2 aromatic carbocycles. The molecule has 0 saturated carbocycles. The summed E-state index contributed by atoms with van der Waals surface area (Å²) in [4.78, 5) is 23.0. The molecule has 0 saturated heterocycles. The van der Waals surface area contributed by atoms with Crippen LogP contribution < -0.4 is 9.47 Å². The van der Waals surface area contributed by atoms with Crippen molar-refractivity contribution in [3.63, 3.8) is 0 Å². The Morgan fingerprint density at radius 3 is 2.50 bits per heavy atom. The van der Waals surface area contributed by atoms with Crippen molar-refractivity contribution in [2.75, 3.05) is 20.3 Å². The lowest BCUT2D eigenvalue weighted by atomic mass is 10.1. The minimum Gasteiger partial charge on any atom is -0.493 e. The van der Waals surface area contributed by atoms with Crippen LogP contribution in [0.1, 0.15) is 29.3 Å². The van der Waals surface area contributed by atoms with E-state index in [1.165, 1.54) is 19.2 Å². The van der Waals surface area contributed by atoms with E-state index in [-0.39, 0.29) is 29.4 Å². The Hall–Kier alpha value is -3.09. The Bertz CT molecular complexity index is 760. The highest BCUT2D eigenvalue weighted by atomic mass is 16.6. The quantitative estimate of drug-likeness (QED) is 0.293. The number of aryl methyl sites for hydroxylation is 1. The van der Waals surface area contributed by atoms with Gasteiger partial charge in [-0.3, -0.25) is 10.1 Å². The van der Waals surface area contributed by atoms with Crippen molar-refractivity contribution in [1.82, 2.24) is 0 Å². The number of methoxy groups -OCH3 is 1. The third kappa shape index (κ3) is 4.95. The van der Waals surface area contributed by atoms with Gasteiger partial charge in [-0.2, -0.15) is 0 Å². The van der Waals surface area contributed by atoms with Crippen LogP contribution in [-0.2, 0) is 11.2 Å². The molecule has 0 aliphatic carbocycles. The first-order chi connectivity index (χ1) is 12.6. The maximum Gasteiger partial charge on any atom is 0.345 e. The van der Waals surface area contributed by atoms with Crippen LogP contribution in [0.25, 0.3) is 0 Å². The molecule has 0 radical (unpaired) electrons. The number of nitro benzene ring substituents is 1. The SMILES string of the molecule is CCOc1cc([N+](=O)[O-])c(C(=O)OCCCc2ccccc2)cc1OC. The Morgan fingerprint density at radius 1 is 1.15 bits per heavy atom. The van der Waals surface area contributed by atoms with E-state index in [0.717, 1.165) is 12.0 Å². The van der Waals surface area contributed by atoms with E-state index in [1.54, 1.807) is 6.92 Å². The zero-order valence-electron chi connectivity index (χ0n) is 14.8. The van der Waals surface area contributed by atoms with Gasteiger partial charge >= 0.3 is 5.97 Å². The highest BCUT2D eigenvalue weighted by molar-refractivity contribution is 5.95. The molecule has 2 aromatic rings. The standard InChI is InChI=1S/C19H21NO6/c1-3-25-18-13-16(20(22)23)15(12-17(18)24-2)19(21)26-11-7-10-14-8-5-4-6-9-14/h4-6,8-9,12-13H,3,7,10-11H2,1-2H3. The minimum absolute atomic E-state index is 0.157. The lowest BCUT2D eigenvalue weighted by Crippen LogP contribution is -2.11. The summed E-state index contributed by atoms with van der Waals surface area (Å²) in [7, 11) is 1.40. The number of hydrogen-bond donors (Lipinski definition) is 0. The summed E-state index contributed by atoms with van der Waals surface area (Å²) in [6.45, 7) is 2.23. The van der Waals surface area contributed by atoms with Crippen LogP contribution in [0.2, 0.25) is 0 Å². The molecular formula is C19H21NO6. The van der Waals surface area contributed by atoms with Crippen molar-refractivity contribution in [3.05, 3.63) is 63.7 Å². The minimum atomic E-state index is -0.758. The molecule has 26 heavy (non-hydrogen) atoms. The van der Waals surface area contributed by atoms with Gasteiger partial charge in [0.25, 0.3) is 5.69 Å². The number of carbonyl (C=O) groups is 1. The summed E-state index contributed by atoms with van der Waals surface area (Å²) in [5.41, 5.74) is 0.606. The Labute approximate surface area is 151 Å². The predicted molar refractivity (Wildman–Crippen MR) is 95.9 cm³/mol. The van der Waals surface area contributed by atoms with Crippen LogP contribution in [0, 0.1) is 10.1 Å². The largest absolute Gasteiger partial charge is 0.493 e. The number of benzene rings is 2. The number of ether oxygens (including phenoxy) is 3. The van der Waals surface area contributed by atoms with Gasteiger partial charge in [0.05, 0.1) is 31.3 Å². The Balaban J connectivity index is 2.07. The Morgan fingerprint density at radius 2 is 1.88 bits per heavy atom. The average molecular weight is 359 g/mol. The second-order valence-corrected chi connectivity index (χ2v) is 5.44. The van der Waals surface area contributed by atoms with E-state index in [9.17, 15) is 14.9 Å². The van der Waals surface area contributed by atoms with E-state index < -0.39 is 10.9 Å². The summed E-state index contributed by atoms with van der Waals surface area (Å²) >= 11 is 0. The van der Waals surface area contributed by atoms with E-state index >= 15 is 0 Å². The number of carbonyl (C=O) groups excluding carboxylic acids is 1. The average Bonchev–Trinajstić information content (AvgIpc) is 2.65. The molecule has 0 atom stereocenters. The number of rotatable bonds is 9. The lowest BCUT2D eigenvalue weighted by Gasteiger charge is -2.11. The molecule has 7 nitrogen and oxygen atoms in total. The molecule has 0 aliphatic rings. The van der Waals surface area contributed by atoms with Crippen molar-refractivity contribution < 1.29 is 23.9 Å². The fraction of sp³-hybridized carbons (Fsp3) is 0.316. The van der Waals surface area contributed by atoms with Crippen LogP contribution in [-0.4, -0.2) is 31.2 Å². The fourth-order valence-electron chi connectivity index (χ4n) is 2.46. The van der Waals surface area contributed by atoms with Crippen molar-refractivity contribution in [2.45, 2.75) is 19.8 Å². The highest BCUT2D eigenvalue weighted by Gasteiger charge is 2.25. The number of hydrogen-bond acceptors (Lipinski definition) is 6. The van der Waals surface area contributed by atoms with E-state index in [4.69, 9.17) is 14.2 Å². The molecule has 0 amide bonds. The number of nitro groups is 1. The summed E-state index contributed by atoms with van der Waals surface area (Å²) in [6, 6.07) is 12.3. The zero-order chi connectivity index (χ0) is 18.9. The molecule has 0 unspecified atom stereocenters. The van der Waals surface area contributed by atoms with Crippen molar-refractivity contribution in [1.29, 1.82) is 0 Å². The second-order valence-electron chi connectivity index (χ2n) is 5.44. The maximum absolute atomic E-state index is 12.3. The maximum atomic E-state index is 12.3. The van der Waals surface area contributed by atoms with Crippen molar-refractivity contribution >= 4 is 11.7 Å². The van der Waals surface area contributed by atoms with Gasteiger partial charge in [-0.05, 0) is 25.3 Å². The van der Waals surface area contributed by atoms with Crippen LogP contribution >= 0.6 is 0 Å². The molecule has 0 heterocycles. The van der Waals surface area contributed by atoms with Crippen LogP contribution in [0.15, 0.2) is 42.5 Å². The smallest absolute Gasteiger partial charge is 0.345 e. The van der Waals surface area contributed by atoms with Gasteiger partial charge in [-0.25, -0.2) is 4.79 Å². The first kappa shape index (κ1) is 19.2. The number of esters is 1. The molecule has 0 N–H and O–H groups in total. The van der Waals surface area contributed by atoms with E-state index in [0.29, 0.717) is 13.0 Å². The highest BCUT2D eigenvalue weighted by Crippen LogP contribution is 2.35. The monoisotopic (exact) mass is 359 g/mol. The van der Waals surface area contributed by atoms with Gasteiger partial charge in [0.2, 0.25) is 0 Å². The van der Waals surface area contributed by atoms with Gasteiger partial charge in [-0.15, -0.1) is 0 Å².